The number of aromatic nitrogens is 2. The Hall–Kier alpha value is -1.39. The number of halogens is 2. The van der Waals surface area contributed by atoms with E-state index >= 15 is 0 Å². The minimum Gasteiger partial charge on any atom is -0.324 e. The Morgan fingerprint density at radius 2 is 2.11 bits per heavy atom. The second kappa shape index (κ2) is 5.31. The van der Waals surface area contributed by atoms with Crippen LogP contribution in [-0.4, -0.2) is 9.78 Å². The minimum atomic E-state index is -0.247. The lowest BCUT2D eigenvalue weighted by Gasteiger charge is -2.15. The molecule has 1 aromatic carbocycles. The molecule has 2 rings (SSSR count). The van der Waals surface area contributed by atoms with E-state index < -0.39 is 0 Å². The summed E-state index contributed by atoms with van der Waals surface area (Å²) in [5, 5.41) is 4.91. The van der Waals surface area contributed by atoms with E-state index in [4.69, 9.17) is 17.3 Å². The number of aryl methyl sites for hydroxylation is 3. The fraction of sp³-hybridized carbons (Fsp3) is 0.357. The van der Waals surface area contributed by atoms with Crippen molar-refractivity contribution in [3.8, 4) is 0 Å². The highest BCUT2D eigenvalue weighted by molar-refractivity contribution is 6.31. The summed E-state index contributed by atoms with van der Waals surface area (Å²) in [4.78, 5) is 0. The number of nitrogens with two attached hydrogens (primary N) is 1. The Morgan fingerprint density at radius 3 is 2.63 bits per heavy atom. The number of benzene rings is 1. The lowest BCUT2D eigenvalue weighted by Crippen LogP contribution is -2.17. The Balaban J connectivity index is 2.28. The lowest BCUT2D eigenvalue weighted by molar-refractivity contribution is 0.616. The molecule has 0 amide bonds. The zero-order chi connectivity index (χ0) is 14.2. The summed E-state index contributed by atoms with van der Waals surface area (Å²) in [7, 11) is 1.85. The molecule has 2 N–H and O–H groups in total. The minimum absolute atomic E-state index is 0.229. The number of hydrogen-bond acceptors (Lipinski definition) is 2. The van der Waals surface area contributed by atoms with E-state index in [0.717, 1.165) is 22.5 Å². The van der Waals surface area contributed by atoms with Gasteiger partial charge in [0.1, 0.15) is 5.82 Å². The van der Waals surface area contributed by atoms with Crippen molar-refractivity contribution < 1.29 is 4.39 Å². The van der Waals surface area contributed by atoms with Gasteiger partial charge < -0.3 is 5.73 Å². The SMILES string of the molecule is Cc1cc(F)ccc1C(N)Cc1c(Cl)c(C)nn1C. The first kappa shape index (κ1) is 14.0. The fourth-order valence-electron chi connectivity index (χ4n) is 2.28. The largest absolute Gasteiger partial charge is 0.324 e. The van der Waals surface area contributed by atoms with Crippen LogP contribution in [-0.2, 0) is 13.5 Å². The van der Waals surface area contributed by atoms with Gasteiger partial charge in [0.05, 0.1) is 16.4 Å². The topological polar surface area (TPSA) is 43.8 Å². The highest BCUT2D eigenvalue weighted by Gasteiger charge is 2.17. The van der Waals surface area contributed by atoms with Gasteiger partial charge in [-0.1, -0.05) is 17.7 Å². The normalized spacial score (nSPS) is 12.7. The molecule has 0 fully saturated rings. The van der Waals surface area contributed by atoms with Gasteiger partial charge in [0, 0.05) is 19.5 Å². The first-order valence-corrected chi connectivity index (χ1v) is 6.47. The summed E-state index contributed by atoms with van der Waals surface area (Å²) in [5.74, 6) is -0.247. The van der Waals surface area contributed by atoms with Crippen molar-refractivity contribution in [3.05, 3.63) is 51.6 Å². The van der Waals surface area contributed by atoms with Crippen LogP contribution in [0.3, 0.4) is 0 Å². The highest BCUT2D eigenvalue weighted by Crippen LogP contribution is 2.26. The van der Waals surface area contributed by atoms with E-state index in [1.165, 1.54) is 12.1 Å². The second-order valence-electron chi connectivity index (χ2n) is 4.78. The molecule has 1 aromatic heterocycles. The quantitative estimate of drug-likeness (QED) is 0.940. The van der Waals surface area contributed by atoms with E-state index in [-0.39, 0.29) is 11.9 Å². The molecule has 0 bridgehead atoms. The van der Waals surface area contributed by atoms with Crippen molar-refractivity contribution in [3.63, 3.8) is 0 Å². The first-order valence-electron chi connectivity index (χ1n) is 6.09. The molecular formula is C14H17ClFN3. The molecule has 0 saturated carbocycles. The first-order chi connectivity index (χ1) is 8.90. The highest BCUT2D eigenvalue weighted by atomic mass is 35.5. The summed E-state index contributed by atoms with van der Waals surface area (Å²) in [5.41, 5.74) is 9.67. The Morgan fingerprint density at radius 1 is 1.42 bits per heavy atom. The third-order valence-corrected chi connectivity index (χ3v) is 3.80. The number of hydrogen-bond donors (Lipinski definition) is 1. The standard InChI is InChI=1S/C14H17ClFN3/c1-8-6-10(16)4-5-11(8)12(17)7-13-14(15)9(2)18-19(13)3/h4-6,12H,7,17H2,1-3H3. The van der Waals surface area contributed by atoms with E-state index in [0.29, 0.717) is 11.4 Å². The molecule has 0 aliphatic heterocycles. The molecule has 1 atom stereocenters. The van der Waals surface area contributed by atoms with Gasteiger partial charge >= 0.3 is 0 Å². The van der Waals surface area contributed by atoms with Gasteiger partial charge in [-0.2, -0.15) is 5.10 Å². The average Bonchev–Trinajstić information content (AvgIpc) is 2.56. The predicted octanol–water partition coefficient (Wildman–Crippen LogP) is 3.07. The zero-order valence-corrected chi connectivity index (χ0v) is 12.0. The summed E-state index contributed by atoms with van der Waals surface area (Å²) in [6, 6.07) is 4.42. The van der Waals surface area contributed by atoms with Gasteiger partial charge in [0.25, 0.3) is 0 Å². The summed E-state index contributed by atoms with van der Waals surface area (Å²) in [6.45, 7) is 3.72. The molecule has 0 saturated heterocycles. The van der Waals surface area contributed by atoms with Crippen LogP contribution in [0.15, 0.2) is 18.2 Å². The van der Waals surface area contributed by atoms with Crippen molar-refractivity contribution in [2.45, 2.75) is 26.3 Å². The van der Waals surface area contributed by atoms with Crippen LogP contribution in [0.2, 0.25) is 5.02 Å². The van der Waals surface area contributed by atoms with Crippen LogP contribution in [0.4, 0.5) is 4.39 Å². The van der Waals surface area contributed by atoms with Crippen LogP contribution in [0.1, 0.15) is 28.6 Å². The summed E-state index contributed by atoms with van der Waals surface area (Å²) < 4.78 is 14.8. The third kappa shape index (κ3) is 2.80. The maximum atomic E-state index is 13.1. The molecule has 0 spiro atoms. The van der Waals surface area contributed by atoms with Crippen LogP contribution >= 0.6 is 11.6 Å². The van der Waals surface area contributed by atoms with Gasteiger partial charge in [-0.25, -0.2) is 4.39 Å². The fourth-order valence-corrected chi connectivity index (χ4v) is 2.51. The molecule has 2 aromatic rings. The predicted molar refractivity (Wildman–Crippen MR) is 74.7 cm³/mol. The van der Waals surface area contributed by atoms with Crippen LogP contribution < -0.4 is 5.73 Å². The Bertz CT molecular complexity index is 607. The van der Waals surface area contributed by atoms with Crippen molar-refractivity contribution >= 4 is 11.6 Å². The van der Waals surface area contributed by atoms with E-state index in [2.05, 4.69) is 5.10 Å². The van der Waals surface area contributed by atoms with Gasteiger partial charge in [-0.3, -0.25) is 4.68 Å². The molecule has 5 heteroatoms. The van der Waals surface area contributed by atoms with E-state index in [9.17, 15) is 4.39 Å². The van der Waals surface area contributed by atoms with Crippen molar-refractivity contribution in [1.29, 1.82) is 0 Å². The van der Waals surface area contributed by atoms with E-state index in [1.54, 1.807) is 10.7 Å². The average molecular weight is 282 g/mol. The monoisotopic (exact) mass is 281 g/mol. The lowest BCUT2D eigenvalue weighted by atomic mass is 9.98. The molecular weight excluding hydrogens is 265 g/mol. The summed E-state index contributed by atoms with van der Waals surface area (Å²) in [6.07, 6.45) is 0.572. The van der Waals surface area contributed by atoms with Gasteiger partial charge in [-0.15, -0.1) is 0 Å². The molecule has 19 heavy (non-hydrogen) atoms. The Labute approximate surface area is 117 Å². The van der Waals surface area contributed by atoms with Gasteiger partial charge in [-0.05, 0) is 37.1 Å². The van der Waals surface area contributed by atoms with Crippen molar-refractivity contribution in [2.24, 2.45) is 12.8 Å². The van der Waals surface area contributed by atoms with Gasteiger partial charge in [0.15, 0.2) is 0 Å². The molecule has 0 radical (unpaired) electrons. The van der Waals surface area contributed by atoms with Crippen LogP contribution in [0.25, 0.3) is 0 Å². The van der Waals surface area contributed by atoms with Crippen LogP contribution in [0, 0.1) is 19.7 Å². The zero-order valence-electron chi connectivity index (χ0n) is 11.2. The Kier molecular flexibility index (Phi) is 3.92. The number of rotatable bonds is 3. The van der Waals surface area contributed by atoms with Crippen molar-refractivity contribution in [1.82, 2.24) is 9.78 Å². The number of nitrogens with zero attached hydrogens (tertiary/aromatic N) is 2. The smallest absolute Gasteiger partial charge is 0.123 e. The third-order valence-electron chi connectivity index (χ3n) is 3.31. The molecule has 3 nitrogen and oxygen atoms in total. The maximum absolute atomic E-state index is 13.1. The van der Waals surface area contributed by atoms with Crippen LogP contribution in [0.5, 0.6) is 0 Å². The molecule has 102 valence electrons. The molecule has 0 aliphatic rings. The molecule has 1 heterocycles. The maximum Gasteiger partial charge on any atom is 0.123 e. The van der Waals surface area contributed by atoms with E-state index in [1.807, 2.05) is 20.9 Å². The second-order valence-corrected chi connectivity index (χ2v) is 5.16. The van der Waals surface area contributed by atoms with Crippen molar-refractivity contribution in [2.75, 3.05) is 0 Å². The molecule has 1 unspecified atom stereocenters. The van der Waals surface area contributed by atoms with Gasteiger partial charge in [0.2, 0.25) is 0 Å². The molecule has 0 aliphatic carbocycles. The summed E-state index contributed by atoms with van der Waals surface area (Å²) >= 11 is 6.21.